The largest absolute Gasteiger partial charge is 0.476 e. The normalized spacial score (nSPS) is 17.3. The van der Waals surface area contributed by atoms with Crippen molar-refractivity contribution in [3.05, 3.63) is 28.9 Å². The lowest BCUT2D eigenvalue weighted by atomic mass is 10.0. The third kappa shape index (κ3) is 2.23. The molecule has 0 fully saturated rings. The maximum absolute atomic E-state index is 12.0. The quantitative estimate of drug-likeness (QED) is 0.880. The molecule has 0 saturated heterocycles. The number of aromatic nitrogens is 2. The first-order valence-corrected chi connectivity index (χ1v) is 7.47. The van der Waals surface area contributed by atoms with Crippen LogP contribution in [0.25, 0.3) is 10.7 Å². The zero-order valence-electron chi connectivity index (χ0n) is 11.4. The number of carboxylic acids is 1. The Morgan fingerprint density at radius 2 is 2.33 bits per heavy atom. The molecular formula is C14H14N2O4S. The minimum absolute atomic E-state index is 0.0343. The highest BCUT2D eigenvalue weighted by atomic mass is 32.1. The Bertz CT molecular complexity index is 690. The highest BCUT2D eigenvalue weighted by molar-refractivity contribution is 7.13. The van der Waals surface area contributed by atoms with E-state index in [9.17, 15) is 14.7 Å². The van der Waals surface area contributed by atoms with Gasteiger partial charge in [-0.05, 0) is 30.7 Å². The standard InChI is InChI=1S/C14H14N2O4S/c1-20-14(19)9-5-2-4-8-11(13(17)18)15-12(16(8)9)10-6-3-7-21-10/h3,6-7,9H,2,4-5H2,1H3,(H,17,18). The topological polar surface area (TPSA) is 81.4 Å². The Kier molecular flexibility index (Phi) is 3.50. The smallest absolute Gasteiger partial charge is 0.356 e. The zero-order chi connectivity index (χ0) is 15.0. The fraction of sp³-hybridized carbons (Fsp3) is 0.357. The number of esters is 1. The van der Waals surface area contributed by atoms with Crippen molar-refractivity contribution < 1.29 is 19.4 Å². The summed E-state index contributed by atoms with van der Waals surface area (Å²) in [4.78, 5) is 28.5. The van der Waals surface area contributed by atoms with Gasteiger partial charge in [0.1, 0.15) is 6.04 Å². The van der Waals surface area contributed by atoms with Gasteiger partial charge < -0.3 is 14.4 Å². The van der Waals surface area contributed by atoms with Crippen LogP contribution in [0.2, 0.25) is 0 Å². The lowest BCUT2D eigenvalue weighted by Gasteiger charge is -2.25. The summed E-state index contributed by atoms with van der Waals surface area (Å²) in [5, 5.41) is 11.2. The van der Waals surface area contributed by atoms with Crippen LogP contribution in [0, 0.1) is 0 Å². The molecule has 1 N–H and O–H groups in total. The highest BCUT2D eigenvalue weighted by Gasteiger charge is 2.34. The van der Waals surface area contributed by atoms with Gasteiger partial charge in [0.15, 0.2) is 11.5 Å². The Labute approximate surface area is 125 Å². The van der Waals surface area contributed by atoms with Gasteiger partial charge in [0, 0.05) is 0 Å². The van der Waals surface area contributed by atoms with E-state index < -0.39 is 12.0 Å². The molecule has 0 saturated carbocycles. The number of thiophene rings is 1. The number of methoxy groups -OCH3 is 1. The first kappa shape index (κ1) is 13.8. The van der Waals surface area contributed by atoms with E-state index in [1.54, 1.807) is 4.57 Å². The third-order valence-electron chi connectivity index (χ3n) is 3.63. The summed E-state index contributed by atoms with van der Waals surface area (Å²) >= 11 is 1.47. The molecule has 21 heavy (non-hydrogen) atoms. The van der Waals surface area contributed by atoms with Crippen LogP contribution in [-0.4, -0.2) is 33.7 Å². The Balaban J connectivity index is 2.22. The SMILES string of the molecule is COC(=O)C1CCCc2c(C(=O)O)nc(-c3cccs3)n21. The van der Waals surface area contributed by atoms with Gasteiger partial charge in [0.05, 0.1) is 17.7 Å². The number of aromatic carboxylic acids is 1. The number of hydrogen-bond acceptors (Lipinski definition) is 5. The minimum Gasteiger partial charge on any atom is -0.476 e. The second-order valence-corrected chi connectivity index (χ2v) is 5.76. The molecule has 0 aliphatic carbocycles. The van der Waals surface area contributed by atoms with Crippen molar-refractivity contribution in [2.24, 2.45) is 0 Å². The van der Waals surface area contributed by atoms with Gasteiger partial charge in [-0.2, -0.15) is 0 Å². The van der Waals surface area contributed by atoms with Crippen LogP contribution in [0.15, 0.2) is 17.5 Å². The van der Waals surface area contributed by atoms with Crippen molar-refractivity contribution >= 4 is 23.3 Å². The average Bonchev–Trinajstić information content (AvgIpc) is 3.12. The van der Waals surface area contributed by atoms with E-state index in [-0.39, 0.29) is 11.7 Å². The van der Waals surface area contributed by atoms with Gasteiger partial charge in [-0.3, -0.25) is 0 Å². The number of carbonyl (C=O) groups excluding carboxylic acids is 1. The van der Waals surface area contributed by atoms with Gasteiger partial charge in [0.25, 0.3) is 0 Å². The second kappa shape index (κ2) is 5.33. The predicted octanol–water partition coefficient (Wildman–Crippen LogP) is 2.36. The first-order chi connectivity index (χ1) is 10.1. The van der Waals surface area contributed by atoms with Gasteiger partial charge in [-0.25, -0.2) is 14.6 Å². The Hall–Kier alpha value is -2.15. The average molecular weight is 306 g/mol. The number of fused-ring (bicyclic) bond motifs is 1. The number of carboxylic acid groups (broad SMARTS) is 1. The van der Waals surface area contributed by atoms with Crippen molar-refractivity contribution in [1.82, 2.24) is 9.55 Å². The first-order valence-electron chi connectivity index (χ1n) is 6.59. The number of rotatable bonds is 3. The molecule has 0 bridgehead atoms. The van der Waals surface area contributed by atoms with Crippen molar-refractivity contribution in [2.45, 2.75) is 25.3 Å². The number of nitrogens with zero attached hydrogens (tertiary/aromatic N) is 2. The van der Waals surface area contributed by atoms with E-state index in [1.165, 1.54) is 18.4 Å². The molecule has 3 rings (SSSR count). The third-order valence-corrected chi connectivity index (χ3v) is 4.50. The minimum atomic E-state index is -1.06. The molecule has 0 amide bonds. The molecule has 1 atom stereocenters. The fourth-order valence-corrected chi connectivity index (χ4v) is 3.45. The monoisotopic (exact) mass is 306 g/mol. The number of ether oxygens (including phenoxy) is 1. The molecule has 0 aromatic carbocycles. The van der Waals surface area contributed by atoms with Gasteiger partial charge in [-0.15, -0.1) is 11.3 Å². The zero-order valence-corrected chi connectivity index (χ0v) is 12.2. The number of carbonyl (C=O) groups is 2. The maximum atomic E-state index is 12.0. The molecule has 110 valence electrons. The van der Waals surface area contributed by atoms with Crippen LogP contribution in [0.1, 0.15) is 35.1 Å². The molecule has 0 radical (unpaired) electrons. The second-order valence-electron chi connectivity index (χ2n) is 4.81. The molecule has 3 heterocycles. The lowest BCUT2D eigenvalue weighted by molar-refractivity contribution is -0.145. The molecule has 1 unspecified atom stereocenters. The highest BCUT2D eigenvalue weighted by Crippen LogP contribution is 2.35. The van der Waals surface area contributed by atoms with E-state index >= 15 is 0 Å². The van der Waals surface area contributed by atoms with E-state index in [0.29, 0.717) is 24.4 Å². The molecule has 1 aliphatic rings. The summed E-state index contributed by atoms with van der Waals surface area (Å²) in [6, 6.07) is 3.24. The summed E-state index contributed by atoms with van der Waals surface area (Å²) in [7, 11) is 1.34. The van der Waals surface area contributed by atoms with Crippen molar-refractivity contribution in [3.63, 3.8) is 0 Å². The summed E-state index contributed by atoms with van der Waals surface area (Å²) in [5.41, 5.74) is 0.638. The molecule has 6 nitrogen and oxygen atoms in total. The summed E-state index contributed by atoms with van der Waals surface area (Å²) < 4.78 is 6.60. The Morgan fingerprint density at radius 1 is 1.52 bits per heavy atom. The molecule has 7 heteroatoms. The lowest BCUT2D eigenvalue weighted by Crippen LogP contribution is -2.27. The van der Waals surface area contributed by atoms with Crippen LogP contribution in [0.3, 0.4) is 0 Å². The van der Waals surface area contributed by atoms with Gasteiger partial charge >= 0.3 is 11.9 Å². The van der Waals surface area contributed by atoms with Crippen molar-refractivity contribution in [1.29, 1.82) is 0 Å². The number of imidazole rings is 1. The van der Waals surface area contributed by atoms with Crippen LogP contribution < -0.4 is 0 Å². The molecule has 0 spiro atoms. The molecule has 2 aromatic rings. The van der Waals surface area contributed by atoms with E-state index in [2.05, 4.69) is 4.98 Å². The molecule has 2 aromatic heterocycles. The Morgan fingerprint density at radius 3 is 2.95 bits per heavy atom. The number of hydrogen-bond donors (Lipinski definition) is 1. The van der Waals surface area contributed by atoms with Gasteiger partial charge in [0.2, 0.25) is 0 Å². The van der Waals surface area contributed by atoms with E-state index in [4.69, 9.17) is 4.74 Å². The fourth-order valence-electron chi connectivity index (χ4n) is 2.74. The van der Waals surface area contributed by atoms with Crippen LogP contribution >= 0.6 is 11.3 Å². The molecular weight excluding hydrogens is 292 g/mol. The van der Waals surface area contributed by atoms with Crippen LogP contribution in [-0.2, 0) is 16.0 Å². The molecule has 1 aliphatic heterocycles. The van der Waals surface area contributed by atoms with E-state index in [0.717, 1.165) is 11.3 Å². The summed E-state index contributed by atoms with van der Waals surface area (Å²) in [6.45, 7) is 0. The maximum Gasteiger partial charge on any atom is 0.356 e. The van der Waals surface area contributed by atoms with Crippen molar-refractivity contribution in [2.75, 3.05) is 7.11 Å². The van der Waals surface area contributed by atoms with Crippen LogP contribution in [0.4, 0.5) is 0 Å². The van der Waals surface area contributed by atoms with Crippen molar-refractivity contribution in [3.8, 4) is 10.7 Å². The predicted molar refractivity (Wildman–Crippen MR) is 76.5 cm³/mol. The van der Waals surface area contributed by atoms with E-state index in [1.807, 2.05) is 17.5 Å². The van der Waals surface area contributed by atoms with Crippen LogP contribution in [0.5, 0.6) is 0 Å². The van der Waals surface area contributed by atoms with Gasteiger partial charge in [-0.1, -0.05) is 6.07 Å². The summed E-state index contributed by atoms with van der Waals surface area (Å²) in [5.74, 6) is -0.886. The summed E-state index contributed by atoms with van der Waals surface area (Å²) in [6.07, 6.45) is 1.98.